The molecule has 0 aliphatic carbocycles. The molecule has 11 nitrogen and oxygen atoms in total. The quantitative estimate of drug-likeness (QED) is 0.314. The summed E-state index contributed by atoms with van der Waals surface area (Å²) in [5.74, 6) is -0.920. The molecule has 2 amide bonds. The van der Waals surface area contributed by atoms with Crippen LogP contribution in [0.15, 0.2) is 53.7 Å². The molecule has 0 saturated heterocycles. The zero-order valence-electron chi connectivity index (χ0n) is 18.4. The van der Waals surface area contributed by atoms with Gasteiger partial charge in [0.05, 0.1) is 25.0 Å². The molecule has 0 aliphatic rings. The summed E-state index contributed by atoms with van der Waals surface area (Å²) < 4.78 is 6.66. The van der Waals surface area contributed by atoms with Gasteiger partial charge in [-0.3, -0.25) is 9.59 Å². The number of nitrogens with one attached hydrogen (secondary N) is 2. The number of aliphatic hydroxyl groups excluding tert-OH is 1. The van der Waals surface area contributed by atoms with Crippen molar-refractivity contribution in [2.24, 2.45) is 7.05 Å². The zero-order valence-corrected chi connectivity index (χ0v) is 19.2. The molecule has 1 atom stereocenters. The van der Waals surface area contributed by atoms with Gasteiger partial charge in [0.25, 0.3) is 5.91 Å². The number of aromatic carboxylic acids is 1. The Morgan fingerprint density at radius 2 is 1.85 bits per heavy atom. The van der Waals surface area contributed by atoms with Crippen molar-refractivity contribution in [1.29, 1.82) is 0 Å². The second-order valence-electron chi connectivity index (χ2n) is 7.06. The maximum absolute atomic E-state index is 12.5. The molecular weight excluding hydrogens is 462 g/mol. The fourth-order valence-electron chi connectivity index (χ4n) is 2.99. The molecule has 34 heavy (non-hydrogen) atoms. The van der Waals surface area contributed by atoms with E-state index in [1.165, 1.54) is 25.3 Å². The Labute approximate surface area is 199 Å². The van der Waals surface area contributed by atoms with Crippen molar-refractivity contribution in [2.75, 3.05) is 24.8 Å². The Kier molecular flexibility index (Phi) is 8.22. The van der Waals surface area contributed by atoms with Crippen LogP contribution in [-0.4, -0.2) is 62.2 Å². The third kappa shape index (κ3) is 6.11. The number of hydrogen-bond acceptors (Lipinski definition) is 8. The van der Waals surface area contributed by atoms with Crippen LogP contribution in [0, 0.1) is 0 Å². The van der Waals surface area contributed by atoms with E-state index in [1.807, 2.05) is 0 Å². The number of ether oxygens (including phenoxy) is 1. The number of carboxylic acid groups (broad SMARTS) is 1. The van der Waals surface area contributed by atoms with Crippen LogP contribution in [0.2, 0.25) is 0 Å². The molecule has 1 aromatic heterocycles. The first-order valence-corrected chi connectivity index (χ1v) is 11.0. The first-order chi connectivity index (χ1) is 16.3. The number of hydrogen-bond donors (Lipinski definition) is 4. The summed E-state index contributed by atoms with van der Waals surface area (Å²) in [6.45, 7) is -0.404. The largest absolute Gasteiger partial charge is 0.497 e. The van der Waals surface area contributed by atoms with Crippen molar-refractivity contribution in [1.82, 2.24) is 20.1 Å². The fourth-order valence-corrected chi connectivity index (χ4v) is 3.71. The molecule has 3 rings (SSSR count). The molecular formula is C22H23N5O6S. The van der Waals surface area contributed by atoms with E-state index in [9.17, 15) is 19.5 Å². The van der Waals surface area contributed by atoms with Gasteiger partial charge in [-0.25, -0.2) is 4.79 Å². The highest BCUT2D eigenvalue weighted by molar-refractivity contribution is 7.99. The Morgan fingerprint density at radius 1 is 1.12 bits per heavy atom. The van der Waals surface area contributed by atoms with Crippen LogP contribution in [0.1, 0.15) is 32.6 Å². The van der Waals surface area contributed by atoms with Crippen molar-refractivity contribution >= 4 is 35.2 Å². The molecule has 0 fully saturated rings. The van der Waals surface area contributed by atoms with Crippen molar-refractivity contribution < 1.29 is 29.3 Å². The van der Waals surface area contributed by atoms with Gasteiger partial charge in [-0.05, 0) is 42.5 Å². The number of aliphatic hydroxyl groups is 1. The summed E-state index contributed by atoms with van der Waals surface area (Å²) in [5.41, 5.74) is 0.820. The van der Waals surface area contributed by atoms with E-state index in [0.717, 1.165) is 11.8 Å². The minimum absolute atomic E-state index is 0.00866. The highest BCUT2D eigenvalue weighted by Gasteiger charge is 2.22. The summed E-state index contributed by atoms with van der Waals surface area (Å²) >= 11 is 1.11. The average Bonchev–Trinajstić information content (AvgIpc) is 3.21. The normalized spacial score (nSPS) is 11.5. The van der Waals surface area contributed by atoms with E-state index in [1.54, 1.807) is 41.9 Å². The van der Waals surface area contributed by atoms with E-state index < -0.39 is 24.5 Å². The lowest BCUT2D eigenvalue weighted by atomic mass is 10.2. The third-order valence-electron chi connectivity index (χ3n) is 4.75. The fraction of sp³-hybridized carbons (Fsp3) is 0.227. The monoisotopic (exact) mass is 485 g/mol. The van der Waals surface area contributed by atoms with Crippen molar-refractivity contribution in [3.8, 4) is 5.75 Å². The van der Waals surface area contributed by atoms with Gasteiger partial charge in [0, 0.05) is 18.3 Å². The molecule has 3 aromatic rings. The van der Waals surface area contributed by atoms with E-state index >= 15 is 0 Å². The number of carboxylic acids is 1. The Morgan fingerprint density at radius 3 is 2.50 bits per heavy atom. The van der Waals surface area contributed by atoms with Crippen molar-refractivity contribution in [3.63, 3.8) is 0 Å². The summed E-state index contributed by atoms with van der Waals surface area (Å²) in [4.78, 5) is 35.9. The number of thioether (sulfide) groups is 1. The van der Waals surface area contributed by atoms with Crippen molar-refractivity contribution in [2.45, 2.75) is 11.2 Å². The van der Waals surface area contributed by atoms with E-state index in [4.69, 9.17) is 9.84 Å². The Balaban J connectivity index is 1.61. The van der Waals surface area contributed by atoms with Gasteiger partial charge in [0.1, 0.15) is 11.8 Å². The summed E-state index contributed by atoms with van der Waals surface area (Å²) in [6.07, 6.45) is 0. The van der Waals surface area contributed by atoms with Crippen LogP contribution in [-0.2, 0) is 11.8 Å². The minimum atomic E-state index is -1.09. The molecule has 178 valence electrons. The van der Waals surface area contributed by atoms with Gasteiger partial charge in [-0.1, -0.05) is 17.8 Å². The summed E-state index contributed by atoms with van der Waals surface area (Å²) in [7, 11) is 3.19. The predicted octanol–water partition coefficient (Wildman–Crippen LogP) is 1.72. The molecule has 12 heteroatoms. The lowest BCUT2D eigenvalue weighted by Crippen LogP contribution is -2.32. The maximum atomic E-state index is 12.5. The number of carbonyl (C=O) groups excluding carboxylic acids is 2. The summed E-state index contributed by atoms with van der Waals surface area (Å²) in [6, 6.07) is 11.6. The van der Waals surface area contributed by atoms with Gasteiger partial charge < -0.3 is 30.2 Å². The molecule has 0 radical (unpaired) electrons. The second-order valence-corrected chi connectivity index (χ2v) is 8.00. The SMILES string of the molecule is COc1ccc(C(=O)NC(CO)c2nnc(SCC(=O)Nc3cccc(C(=O)O)c3)n2C)cc1. The smallest absolute Gasteiger partial charge is 0.335 e. The van der Waals surface area contributed by atoms with Gasteiger partial charge in [-0.2, -0.15) is 0 Å². The number of anilines is 1. The first kappa shape index (κ1) is 24.7. The molecule has 0 bridgehead atoms. The highest BCUT2D eigenvalue weighted by atomic mass is 32.2. The van der Waals surface area contributed by atoms with Gasteiger partial charge in [0.15, 0.2) is 11.0 Å². The number of nitrogens with zero attached hydrogens (tertiary/aromatic N) is 3. The van der Waals surface area contributed by atoms with E-state index in [0.29, 0.717) is 28.0 Å². The lowest BCUT2D eigenvalue weighted by molar-refractivity contribution is -0.113. The van der Waals surface area contributed by atoms with Crippen molar-refractivity contribution in [3.05, 3.63) is 65.5 Å². The molecule has 4 N–H and O–H groups in total. The highest BCUT2D eigenvalue weighted by Crippen LogP contribution is 2.20. The number of carbonyl (C=O) groups is 3. The Hall–Kier alpha value is -3.90. The van der Waals surface area contributed by atoms with E-state index in [2.05, 4.69) is 20.8 Å². The van der Waals surface area contributed by atoms with Gasteiger partial charge in [0.2, 0.25) is 5.91 Å². The van der Waals surface area contributed by atoms with Crippen LogP contribution in [0.5, 0.6) is 5.75 Å². The van der Waals surface area contributed by atoms with Gasteiger partial charge >= 0.3 is 5.97 Å². The third-order valence-corrected chi connectivity index (χ3v) is 5.77. The van der Waals surface area contributed by atoms with Crippen LogP contribution in [0.4, 0.5) is 5.69 Å². The molecule has 0 aliphatic heterocycles. The zero-order chi connectivity index (χ0) is 24.7. The molecule has 2 aromatic carbocycles. The number of methoxy groups -OCH3 is 1. The molecule has 1 heterocycles. The number of aromatic nitrogens is 3. The molecule has 0 saturated carbocycles. The standard InChI is InChI=1S/C22H23N5O6S/c1-27-19(17(11-28)24-20(30)13-6-8-16(33-2)9-7-13)25-26-22(27)34-12-18(29)23-15-5-3-4-14(10-15)21(31)32/h3-10,17,28H,11-12H2,1-2H3,(H,23,29)(H,24,30)(H,31,32). The topological polar surface area (TPSA) is 156 Å². The van der Waals surface area contributed by atoms with Gasteiger partial charge in [-0.15, -0.1) is 10.2 Å². The van der Waals surface area contributed by atoms with Crippen LogP contribution >= 0.6 is 11.8 Å². The summed E-state index contributed by atoms with van der Waals surface area (Å²) in [5, 5.41) is 32.7. The lowest BCUT2D eigenvalue weighted by Gasteiger charge is -2.16. The van der Waals surface area contributed by atoms with Crippen LogP contribution in [0.3, 0.4) is 0 Å². The predicted molar refractivity (Wildman–Crippen MR) is 124 cm³/mol. The minimum Gasteiger partial charge on any atom is -0.497 e. The number of amides is 2. The molecule has 1 unspecified atom stereocenters. The number of rotatable bonds is 10. The maximum Gasteiger partial charge on any atom is 0.335 e. The molecule has 0 spiro atoms. The first-order valence-electron chi connectivity index (χ1n) is 10.0. The van der Waals surface area contributed by atoms with Crippen LogP contribution in [0.25, 0.3) is 0 Å². The number of benzene rings is 2. The second kappa shape index (κ2) is 11.3. The average molecular weight is 486 g/mol. The Bertz CT molecular complexity index is 1180. The van der Waals surface area contributed by atoms with E-state index in [-0.39, 0.29) is 17.2 Å². The van der Waals surface area contributed by atoms with Crippen LogP contribution < -0.4 is 15.4 Å².